The highest BCUT2D eigenvalue weighted by Crippen LogP contribution is 2.32. The SMILES string of the molecule is COCCNC(=O)C(c1ccccc1Cl)N(C(=O)O)C(C)(C)C. The molecule has 0 aliphatic heterocycles. The number of ether oxygens (including phenoxy) is 1. The van der Waals surface area contributed by atoms with E-state index in [1.165, 1.54) is 7.11 Å². The van der Waals surface area contributed by atoms with Crippen molar-refractivity contribution in [3.8, 4) is 0 Å². The van der Waals surface area contributed by atoms with Gasteiger partial charge in [0.1, 0.15) is 6.04 Å². The van der Waals surface area contributed by atoms with Crippen molar-refractivity contribution in [3.05, 3.63) is 34.9 Å². The van der Waals surface area contributed by atoms with Gasteiger partial charge in [0.25, 0.3) is 0 Å². The molecule has 0 fully saturated rings. The van der Waals surface area contributed by atoms with Crippen LogP contribution in [-0.2, 0) is 9.53 Å². The van der Waals surface area contributed by atoms with Gasteiger partial charge in [0.2, 0.25) is 5.91 Å². The number of carboxylic acid groups (broad SMARTS) is 1. The standard InChI is InChI=1S/C16H23ClN2O4/c1-16(2,3)19(15(21)22)13(14(20)18-9-10-23-4)11-7-5-6-8-12(11)17/h5-8,13H,9-10H2,1-4H3,(H,18,20)(H,21,22). The van der Waals surface area contributed by atoms with Gasteiger partial charge in [-0.15, -0.1) is 0 Å². The Labute approximate surface area is 141 Å². The third kappa shape index (κ3) is 5.11. The monoisotopic (exact) mass is 342 g/mol. The molecule has 1 unspecified atom stereocenters. The van der Waals surface area contributed by atoms with Gasteiger partial charge in [-0.3, -0.25) is 9.69 Å². The highest BCUT2D eigenvalue weighted by Gasteiger charge is 2.39. The molecule has 0 aromatic heterocycles. The number of benzene rings is 1. The van der Waals surface area contributed by atoms with E-state index >= 15 is 0 Å². The Balaban J connectivity index is 3.28. The van der Waals surface area contributed by atoms with E-state index in [4.69, 9.17) is 16.3 Å². The molecule has 128 valence electrons. The largest absolute Gasteiger partial charge is 0.465 e. The second-order valence-corrected chi connectivity index (χ2v) is 6.44. The van der Waals surface area contributed by atoms with Crippen molar-refractivity contribution in [2.24, 2.45) is 0 Å². The second kappa shape index (κ2) is 8.17. The van der Waals surface area contributed by atoms with Crippen LogP contribution >= 0.6 is 11.6 Å². The van der Waals surface area contributed by atoms with Gasteiger partial charge in [-0.1, -0.05) is 29.8 Å². The Bertz CT molecular complexity index is 557. The third-order valence-electron chi connectivity index (χ3n) is 3.24. The lowest BCUT2D eigenvalue weighted by Crippen LogP contribution is -2.52. The topological polar surface area (TPSA) is 78.9 Å². The van der Waals surface area contributed by atoms with E-state index in [1.54, 1.807) is 45.0 Å². The van der Waals surface area contributed by atoms with Crippen molar-refractivity contribution in [1.82, 2.24) is 10.2 Å². The number of carbonyl (C=O) groups excluding carboxylic acids is 1. The Hall–Kier alpha value is -1.79. The number of carbonyl (C=O) groups is 2. The highest BCUT2D eigenvalue weighted by molar-refractivity contribution is 6.31. The minimum absolute atomic E-state index is 0.286. The maximum absolute atomic E-state index is 12.6. The molecule has 0 spiro atoms. The van der Waals surface area contributed by atoms with E-state index in [0.29, 0.717) is 17.2 Å². The van der Waals surface area contributed by atoms with E-state index in [9.17, 15) is 14.7 Å². The molecule has 1 aromatic carbocycles. The molecule has 1 rings (SSSR count). The number of methoxy groups -OCH3 is 1. The summed E-state index contributed by atoms with van der Waals surface area (Å²) in [5, 5.41) is 12.7. The predicted molar refractivity (Wildman–Crippen MR) is 88.7 cm³/mol. The molecule has 0 radical (unpaired) electrons. The fraction of sp³-hybridized carbons (Fsp3) is 0.500. The first-order chi connectivity index (χ1) is 10.7. The van der Waals surface area contributed by atoms with Gasteiger partial charge in [-0.05, 0) is 26.8 Å². The predicted octanol–water partition coefficient (Wildman–Crippen LogP) is 2.92. The van der Waals surface area contributed by atoms with Crippen molar-refractivity contribution < 1.29 is 19.4 Å². The fourth-order valence-corrected chi connectivity index (χ4v) is 2.49. The molecule has 6 nitrogen and oxygen atoms in total. The smallest absolute Gasteiger partial charge is 0.408 e. The zero-order chi connectivity index (χ0) is 17.6. The Morgan fingerprint density at radius 2 is 1.96 bits per heavy atom. The molecule has 0 aliphatic rings. The minimum atomic E-state index is -1.19. The van der Waals surface area contributed by atoms with Crippen LogP contribution in [0.15, 0.2) is 24.3 Å². The van der Waals surface area contributed by atoms with Crippen LogP contribution in [0.4, 0.5) is 4.79 Å². The summed E-state index contributed by atoms with van der Waals surface area (Å²) in [6.07, 6.45) is -1.19. The first-order valence-corrected chi connectivity index (χ1v) is 7.61. The number of rotatable bonds is 6. The molecule has 0 saturated carbocycles. The molecule has 0 heterocycles. The van der Waals surface area contributed by atoms with Crippen LogP contribution in [-0.4, -0.2) is 47.8 Å². The van der Waals surface area contributed by atoms with Crippen molar-refractivity contribution in [1.29, 1.82) is 0 Å². The first kappa shape index (κ1) is 19.3. The molecule has 1 atom stereocenters. The second-order valence-electron chi connectivity index (χ2n) is 6.03. The number of halogens is 1. The average molecular weight is 343 g/mol. The molecule has 0 bridgehead atoms. The molecule has 1 aromatic rings. The molecule has 7 heteroatoms. The number of amides is 2. The number of nitrogens with one attached hydrogen (secondary N) is 1. The minimum Gasteiger partial charge on any atom is -0.465 e. The van der Waals surface area contributed by atoms with Gasteiger partial charge in [0.05, 0.1) is 6.61 Å². The molecule has 2 amide bonds. The quantitative estimate of drug-likeness (QED) is 0.779. The maximum Gasteiger partial charge on any atom is 0.408 e. The van der Waals surface area contributed by atoms with Crippen LogP contribution in [0.3, 0.4) is 0 Å². The zero-order valence-electron chi connectivity index (χ0n) is 13.8. The lowest BCUT2D eigenvalue weighted by Gasteiger charge is -2.39. The van der Waals surface area contributed by atoms with Gasteiger partial charge in [0, 0.05) is 29.8 Å². The summed E-state index contributed by atoms with van der Waals surface area (Å²) >= 11 is 6.20. The summed E-state index contributed by atoms with van der Waals surface area (Å²) in [6, 6.07) is 5.70. The molecular formula is C16H23ClN2O4. The van der Waals surface area contributed by atoms with Crippen LogP contribution in [0.5, 0.6) is 0 Å². The maximum atomic E-state index is 12.6. The summed E-state index contributed by atoms with van der Waals surface area (Å²) in [6.45, 7) is 5.81. The number of hydrogen-bond acceptors (Lipinski definition) is 3. The Morgan fingerprint density at radius 3 is 2.43 bits per heavy atom. The van der Waals surface area contributed by atoms with Crippen molar-refractivity contribution in [2.45, 2.75) is 32.4 Å². The number of hydrogen-bond donors (Lipinski definition) is 2. The van der Waals surface area contributed by atoms with Crippen LogP contribution < -0.4 is 5.32 Å². The van der Waals surface area contributed by atoms with Crippen LogP contribution in [0, 0.1) is 0 Å². The van der Waals surface area contributed by atoms with Crippen LogP contribution in [0.2, 0.25) is 5.02 Å². The Kier molecular flexibility index (Phi) is 6.84. The van der Waals surface area contributed by atoms with E-state index in [0.717, 1.165) is 4.90 Å². The van der Waals surface area contributed by atoms with Crippen molar-refractivity contribution in [3.63, 3.8) is 0 Å². The molecule has 0 aliphatic carbocycles. The van der Waals surface area contributed by atoms with Crippen LogP contribution in [0.1, 0.15) is 32.4 Å². The van der Waals surface area contributed by atoms with E-state index < -0.39 is 23.6 Å². The van der Waals surface area contributed by atoms with Crippen molar-refractivity contribution >= 4 is 23.6 Å². The average Bonchev–Trinajstić information content (AvgIpc) is 2.44. The molecular weight excluding hydrogens is 320 g/mol. The van der Waals surface area contributed by atoms with E-state index in [2.05, 4.69) is 5.32 Å². The fourth-order valence-electron chi connectivity index (χ4n) is 2.25. The number of nitrogens with zero attached hydrogens (tertiary/aromatic N) is 1. The van der Waals surface area contributed by atoms with Gasteiger partial charge in [-0.2, -0.15) is 0 Å². The lowest BCUT2D eigenvalue weighted by molar-refractivity contribution is -0.128. The molecule has 23 heavy (non-hydrogen) atoms. The van der Waals surface area contributed by atoms with Gasteiger partial charge in [-0.25, -0.2) is 4.79 Å². The zero-order valence-corrected chi connectivity index (χ0v) is 14.6. The normalized spacial score (nSPS) is 12.6. The summed E-state index contributed by atoms with van der Waals surface area (Å²) in [5.74, 6) is -0.438. The third-order valence-corrected chi connectivity index (χ3v) is 3.58. The van der Waals surface area contributed by atoms with E-state index in [-0.39, 0.29) is 6.54 Å². The lowest BCUT2D eigenvalue weighted by atomic mass is 9.97. The summed E-state index contributed by atoms with van der Waals surface area (Å²) in [4.78, 5) is 25.5. The van der Waals surface area contributed by atoms with Gasteiger partial charge < -0.3 is 15.2 Å². The summed E-state index contributed by atoms with van der Waals surface area (Å²) in [5.41, 5.74) is -0.338. The molecule has 0 saturated heterocycles. The molecule has 2 N–H and O–H groups in total. The Morgan fingerprint density at radius 1 is 1.35 bits per heavy atom. The van der Waals surface area contributed by atoms with Gasteiger partial charge in [0.15, 0.2) is 0 Å². The van der Waals surface area contributed by atoms with Crippen LogP contribution in [0.25, 0.3) is 0 Å². The summed E-state index contributed by atoms with van der Waals surface area (Å²) < 4.78 is 4.91. The summed E-state index contributed by atoms with van der Waals surface area (Å²) in [7, 11) is 1.52. The van der Waals surface area contributed by atoms with Crippen molar-refractivity contribution in [2.75, 3.05) is 20.3 Å². The van der Waals surface area contributed by atoms with Gasteiger partial charge >= 0.3 is 6.09 Å². The van der Waals surface area contributed by atoms with E-state index in [1.807, 2.05) is 0 Å². The highest BCUT2D eigenvalue weighted by atomic mass is 35.5. The first-order valence-electron chi connectivity index (χ1n) is 7.23.